The first-order valence-electron chi connectivity index (χ1n) is 10.9. The monoisotopic (exact) mass is 484 g/mol. The summed E-state index contributed by atoms with van der Waals surface area (Å²) in [6.07, 6.45) is 5.40. The van der Waals surface area contributed by atoms with Crippen molar-refractivity contribution in [2.45, 2.75) is 42.7 Å². The molecular formula is C23H24N4O6S. The first-order valence-corrected chi connectivity index (χ1v) is 12.8. The molecule has 2 aliphatic carbocycles. The number of hydrogen-bond acceptors (Lipinski definition) is 7. The summed E-state index contributed by atoms with van der Waals surface area (Å²) in [5.74, 6) is -0.664. The molecule has 1 spiro atoms. The number of pyridine rings is 1. The molecule has 5 rings (SSSR count). The van der Waals surface area contributed by atoms with Gasteiger partial charge in [-0.05, 0) is 61.4 Å². The first kappa shape index (κ1) is 22.3. The van der Waals surface area contributed by atoms with Crippen molar-refractivity contribution in [3.05, 3.63) is 48.2 Å². The van der Waals surface area contributed by atoms with Gasteiger partial charge in [0.15, 0.2) is 9.84 Å². The van der Waals surface area contributed by atoms with E-state index in [9.17, 15) is 22.8 Å². The van der Waals surface area contributed by atoms with E-state index in [0.29, 0.717) is 18.5 Å². The van der Waals surface area contributed by atoms with Crippen molar-refractivity contribution in [2.75, 3.05) is 17.7 Å². The van der Waals surface area contributed by atoms with Gasteiger partial charge in [-0.1, -0.05) is 6.07 Å². The molecular weight excluding hydrogens is 460 g/mol. The average Bonchev–Trinajstić information content (AvgIpc) is 3.02. The lowest BCUT2D eigenvalue weighted by Gasteiger charge is -2.58. The van der Waals surface area contributed by atoms with Crippen LogP contribution in [-0.4, -0.2) is 61.1 Å². The Labute approximate surface area is 196 Å². The summed E-state index contributed by atoms with van der Waals surface area (Å²) >= 11 is 0. The number of anilines is 1. The molecule has 3 fully saturated rings. The van der Waals surface area contributed by atoms with E-state index in [1.165, 1.54) is 28.1 Å². The number of carbonyl (C=O) groups excluding carboxylic acids is 3. The minimum absolute atomic E-state index is 0.00118. The van der Waals surface area contributed by atoms with Gasteiger partial charge in [0.25, 0.3) is 11.8 Å². The Morgan fingerprint density at radius 2 is 1.88 bits per heavy atom. The Hall–Kier alpha value is -3.47. The van der Waals surface area contributed by atoms with Crippen LogP contribution >= 0.6 is 0 Å². The number of aromatic nitrogens is 1. The van der Waals surface area contributed by atoms with Gasteiger partial charge in [-0.25, -0.2) is 18.2 Å². The lowest BCUT2D eigenvalue weighted by molar-refractivity contribution is -0.138. The third-order valence-corrected chi connectivity index (χ3v) is 8.01. The van der Waals surface area contributed by atoms with Crippen LogP contribution in [0.2, 0.25) is 0 Å². The zero-order valence-corrected chi connectivity index (χ0v) is 19.3. The molecule has 1 aliphatic heterocycles. The van der Waals surface area contributed by atoms with Gasteiger partial charge in [0.2, 0.25) is 5.88 Å². The fraction of sp³-hybridized carbons (Fsp3) is 0.391. The topological polar surface area (TPSA) is 140 Å². The van der Waals surface area contributed by atoms with Crippen LogP contribution in [0.5, 0.6) is 5.88 Å². The third-order valence-electron chi connectivity index (χ3n) is 6.90. The minimum Gasteiger partial charge on any atom is -0.474 e. The van der Waals surface area contributed by atoms with Crippen LogP contribution in [-0.2, 0) is 14.6 Å². The Bertz CT molecular complexity index is 1300. The zero-order chi connectivity index (χ0) is 24.3. The Balaban J connectivity index is 1.21. The standard InChI is InChI=1S/C23H24N4O6S/c1-34(31,32)17-5-2-4-14(8-17)26-13-19(28)27(22(26)30)15-9-23(10-15)11-16(12-23)33-21-18(20(24)29)6-3-7-25-21/h2-8,15-16H,9-13H2,1H3,(H2,24,29). The fourth-order valence-corrected chi connectivity index (χ4v) is 5.90. The largest absolute Gasteiger partial charge is 0.474 e. The van der Waals surface area contributed by atoms with Gasteiger partial charge < -0.3 is 10.5 Å². The highest BCUT2D eigenvalue weighted by molar-refractivity contribution is 7.90. The predicted octanol–water partition coefficient (Wildman–Crippen LogP) is 1.74. The van der Waals surface area contributed by atoms with Gasteiger partial charge in [-0.3, -0.25) is 19.4 Å². The second-order valence-electron chi connectivity index (χ2n) is 9.33. The van der Waals surface area contributed by atoms with Gasteiger partial charge in [-0.2, -0.15) is 0 Å². The summed E-state index contributed by atoms with van der Waals surface area (Å²) in [5.41, 5.74) is 6.00. The van der Waals surface area contributed by atoms with Crippen molar-refractivity contribution >= 4 is 33.4 Å². The number of nitrogens with two attached hydrogens (primary N) is 1. The SMILES string of the molecule is CS(=O)(=O)c1cccc(N2CC(=O)N(C3CC4(CC(Oc5ncccc5C(N)=O)C4)C3)C2=O)c1. The van der Waals surface area contributed by atoms with Crippen molar-refractivity contribution in [3.63, 3.8) is 0 Å². The molecule has 1 saturated heterocycles. The molecule has 1 aromatic carbocycles. The maximum atomic E-state index is 13.0. The van der Waals surface area contributed by atoms with Gasteiger partial charge >= 0.3 is 6.03 Å². The van der Waals surface area contributed by atoms with Crippen LogP contribution in [0.1, 0.15) is 36.0 Å². The molecule has 178 valence electrons. The maximum Gasteiger partial charge on any atom is 0.331 e. The summed E-state index contributed by atoms with van der Waals surface area (Å²) < 4.78 is 29.6. The minimum atomic E-state index is -3.43. The van der Waals surface area contributed by atoms with E-state index >= 15 is 0 Å². The van der Waals surface area contributed by atoms with Crippen LogP contribution in [0.15, 0.2) is 47.5 Å². The molecule has 2 saturated carbocycles. The number of nitrogens with zero attached hydrogens (tertiary/aromatic N) is 3. The van der Waals surface area contributed by atoms with E-state index in [4.69, 9.17) is 10.5 Å². The van der Waals surface area contributed by atoms with Crippen molar-refractivity contribution in [1.29, 1.82) is 0 Å². The third kappa shape index (κ3) is 3.79. The number of primary amides is 1. The number of imide groups is 1. The molecule has 0 atom stereocenters. The molecule has 34 heavy (non-hydrogen) atoms. The molecule has 2 heterocycles. The van der Waals surface area contributed by atoms with E-state index in [1.807, 2.05) is 0 Å². The lowest BCUT2D eigenvalue weighted by atomic mass is 9.52. The van der Waals surface area contributed by atoms with Gasteiger partial charge in [-0.15, -0.1) is 0 Å². The maximum absolute atomic E-state index is 13.0. The highest BCUT2D eigenvalue weighted by Crippen LogP contribution is 2.58. The highest BCUT2D eigenvalue weighted by Gasteiger charge is 2.58. The normalized spacial score (nSPS) is 26.4. The molecule has 11 heteroatoms. The number of ether oxygens (including phenoxy) is 1. The lowest BCUT2D eigenvalue weighted by Crippen LogP contribution is -2.60. The number of sulfone groups is 1. The molecule has 0 unspecified atom stereocenters. The van der Waals surface area contributed by atoms with Crippen molar-refractivity contribution in [1.82, 2.24) is 9.88 Å². The second-order valence-corrected chi connectivity index (χ2v) is 11.3. The van der Waals surface area contributed by atoms with E-state index in [2.05, 4.69) is 4.98 Å². The number of hydrogen-bond donors (Lipinski definition) is 1. The van der Waals surface area contributed by atoms with Crippen LogP contribution in [0.25, 0.3) is 0 Å². The van der Waals surface area contributed by atoms with Crippen molar-refractivity contribution in [3.8, 4) is 5.88 Å². The summed E-state index contributed by atoms with van der Waals surface area (Å²) in [5, 5.41) is 0. The number of carbonyl (C=O) groups is 3. The van der Waals surface area contributed by atoms with Crippen LogP contribution in [0.4, 0.5) is 10.5 Å². The fourth-order valence-electron chi connectivity index (χ4n) is 5.23. The number of urea groups is 1. The molecule has 2 N–H and O–H groups in total. The van der Waals surface area contributed by atoms with Crippen molar-refractivity contribution in [2.24, 2.45) is 11.1 Å². The molecule has 1 aromatic heterocycles. The molecule has 2 aromatic rings. The van der Waals surface area contributed by atoms with E-state index in [-0.39, 0.29) is 46.4 Å². The average molecular weight is 485 g/mol. The number of amides is 4. The Kier molecular flexibility index (Phi) is 5.12. The van der Waals surface area contributed by atoms with Crippen molar-refractivity contribution < 1.29 is 27.5 Å². The summed E-state index contributed by atoms with van der Waals surface area (Å²) in [6.45, 7) is -0.114. The molecule has 0 bridgehead atoms. The van der Waals surface area contributed by atoms with E-state index in [1.54, 1.807) is 24.3 Å². The van der Waals surface area contributed by atoms with Gasteiger partial charge in [0.1, 0.15) is 18.2 Å². The summed E-state index contributed by atoms with van der Waals surface area (Å²) in [6, 6.07) is 8.62. The number of rotatable bonds is 6. The molecule has 3 aliphatic rings. The highest BCUT2D eigenvalue weighted by atomic mass is 32.2. The van der Waals surface area contributed by atoms with Crippen LogP contribution < -0.4 is 15.4 Å². The smallest absolute Gasteiger partial charge is 0.331 e. The van der Waals surface area contributed by atoms with E-state index in [0.717, 1.165) is 19.1 Å². The second kappa shape index (κ2) is 7.79. The Morgan fingerprint density at radius 1 is 1.15 bits per heavy atom. The quantitative estimate of drug-likeness (QED) is 0.616. The van der Waals surface area contributed by atoms with Crippen LogP contribution in [0, 0.1) is 5.41 Å². The van der Waals surface area contributed by atoms with E-state index < -0.39 is 21.8 Å². The number of benzene rings is 1. The first-order chi connectivity index (χ1) is 16.1. The van der Waals surface area contributed by atoms with Gasteiger partial charge in [0.05, 0.1) is 4.90 Å². The molecule has 0 radical (unpaired) electrons. The van der Waals surface area contributed by atoms with Crippen LogP contribution in [0.3, 0.4) is 0 Å². The van der Waals surface area contributed by atoms with Gasteiger partial charge in [0, 0.05) is 24.2 Å². The summed E-state index contributed by atoms with van der Waals surface area (Å²) in [7, 11) is -3.43. The molecule has 4 amide bonds. The Morgan fingerprint density at radius 3 is 2.56 bits per heavy atom. The predicted molar refractivity (Wildman–Crippen MR) is 121 cm³/mol. The molecule has 10 nitrogen and oxygen atoms in total. The zero-order valence-electron chi connectivity index (χ0n) is 18.5. The summed E-state index contributed by atoms with van der Waals surface area (Å²) in [4.78, 5) is 44.1.